The van der Waals surface area contributed by atoms with E-state index in [-0.39, 0.29) is 0 Å². The van der Waals surface area contributed by atoms with Crippen molar-refractivity contribution >= 4 is 5.69 Å². The molecular weight excluding hydrogens is 398 g/mol. The molecule has 3 heterocycles. The van der Waals surface area contributed by atoms with Crippen molar-refractivity contribution in [3.05, 3.63) is 71.6 Å². The molecule has 2 aromatic heterocycles. The molecule has 1 aliphatic heterocycles. The van der Waals surface area contributed by atoms with Gasteiger partial charge < -0.3 is 9.47 Å². The minimum Gasteiger partial charge on any atom is -0.368 e. The van der Waals surface area contributed by atoms with Crippen molar-refractivity contribution in [2.45, 2.75) is 46.3 Å². The Balaban J connectivity index is 1.59. The molecule has 1 aromatic carbocycles. The van der Waals surface area contributed by atoms with Crippen LogP contribution in [0, 0.1) is 17.2 Å². The maximum atomic E-state index is 10.1. The van der Waals surface area contributed by atoms with Crippen molar-refractivity contribution in [3.63, 3.8) is 0 Å². The Morgan fingerprint density at radius 1 is 1.19 bits per heavy atom. The molecule has 7 nitrogen and oxygen atoms in total. The first-order valence-electron chi connectivity index (χ1n) is 11.3. The third-order valence-corrected chi connectivity index (χ3v) is 6.03. The van der Waals surface area contributed by atoms with E-state index in [4.69, 9.17) is 0 Å². The van der Waals surface area contributed by atoms with Gasteiger partial charge in [-0.3, -0.25) is 4.90 Å². The Bertz CT molecular complexity index is 1050. The van der Waals surface area contributed by atoms with Gasteiger partial charge in [0.25, 0.3) is 0 Å². The summed E-state index contributed by atoms with van der Waals surface area (Å²) < 4.78 is 2.03. The van der Waals surface area contributed by atoms with Gasteiger partial charge in [0, 0.05) is 57.4 Å². The fourth-order valence-corrected chi connectivity index (χ4v) is 4.49. The number of aromatic nitrogens is 4. The summed E-state index contributed by atoms with van der Waals surface area (Å²) in [6, 6.07) is 11.3. The van der Waals surface area contributed by atoms with Crippen LogP contribution in [-0.2, 0) is 19.5 Å². The van der Waals surface area contributed by atoms with Gasteiger partial charge in [-0.1, -0.05) is 19.9 Å². The summed E-state index contributed by atoms with van der Waals surface area (Å²) in [6.07, 6.45) is 8.24. The van der Waals surface area contributed by atoms with Crippen LogP contribution in [0.2, 0.25) is 0 Å². The normalized spacial score (nSPS) is 17.0. The zero-order chi connectivity index (χ0) is 22.5. The summed E-state index contributed by atoms with van der Waals surface area (Å²) in [7, 11) is 0. The summed E-state index contributed by atoms with van der Waals surface area (Å²) in [5.74, 6) is 0.555. The largest absolute Gasteiger partial charge is 0.368 e. The molecule has 7 heteroatoms. The fourth-order valence-electron chi connectivity index (χ4n) is 4.49. The second-order valence-corrected chi connectivity index (χ2v) is 9.07. The highest BCUT2D eigenvalue weighted by atomic mass is 15.3. The molecule has 0 N–H and O–H groups in total. The van der Waals surface area contributed by atoms with Gasteiger partial charge in [-0.25, -0.2) is 4.98 Å². The van der Waals surface area contributed by atoms with E-state index in [9.17, 15) is 5.26 Å². The van der Waals surface area contributed by atoms with Crippen LogP contribution in [0.1, 0.15) is 43.2 Å². The van der Waals surface area contributed by atoms with E-state index in [1.54, 1.807) is 12.4 Å². The van der Waals surface area contributed by atoms with E-state index < -0.39 is 0 Å². The van der Waals surface area contributed by atoms with Crippen LogP contribution in [0.5, 0.6) is 0 Å². The molecule has 0 amide bonds. The van der Waals surface area contributed by atoms with Crippen molar-refractivity contribution in [1.82, 2.24) is 24.6 Å². The Morgan fingerprint density at radius 2 is 2.06 bits per heavy atom. The van der Waals surface area contributed by atoms with Crippen molar-refractivity contribution in [2.24, 2.45) is 5.92 Å². The zero-order valence-corrected chi connectivity index (χ0v) is 19.1. The van der Waals surface area contributed by atoms with Gasteiger partial charge in [-0.15, -0.1) is 0 Å². The van der Waals surface area contributed by atoms with Crippen molar-refractivity contribution in [1.29, 1.82) is 5.26 Å². The monoisotopic (exact) mass is 429 g/mol. The van der Waals surface area contributed by atoms with Crippen molar-refractivity contribution < 1.29 is 0 Å². The molecule has 0 aliphatic carbocycles. The lowest BCUT2D eigenvalue weighted by molar-refractivity contribution is 0.178. The lowest BCUT2D eigenvalue weighted by Gasteiger charge is -2.41. The molecule has 1 fully saturated rings. The lowest BCUT2D eigenvalue weighted by atomic mass is 9.95. The van der Waals surface area contributed by atoms with E-state index in [1.807, 2.05) is 29.2 Å². The average molecular weight is 430 g/mol. The molecule has 32 heavy (non-hydrogen) atoms. The molecule has 0 bridgehead atoms. The van der Waals surface area contributed by atoms with Crippen molar-refractivity contribution in [3.8, 4) is 6.07 Å². The molecule has 0 saturated carbocycles. The third kappa shape index (κ3) is 5.14. The highest BCUT2D eigenvalue weighted by Gasteiger charge is 2.27. The molecule has 3 aromatic rings. The highest BCUT2D eigenvalue weighted by Crippen LogP contribution is 2.30. The first-order valence-corrected chi connectivity index (χ1v) is 11.3. The number of nitrogens with zero attached hydrogens (tertiary/aromatic N) is 7. The van der Waals surface area contributed by atoms with Crippen LogP contribution in [-0.4, -0.2) is 50.3 Å². The van der Waals surface area contributed by atoms with Gasteiger partial charge >= 0.3 is 0 Å². The first-order chi connectivity index (χ1) is 15.5. The van der Waals surface area contributed by atoms with E-state index in [0.717, 1.165) is 55.1 Å². The number of hydrogen-bond donors (Lipinski definition) is 0. The predicted octanol–water partition coefficient (Wildman–Crippen LogP) is 3.50. The van der Waals surface area contributed by atoms with Crippen molar-refractivity contribution in [2.75, 3.05) is 24.5 Å². The highest BCUT2D eigenvalue weighted by molar-refractivity contribution is 5.64. The van der Waals surface area contributed by atoms with Gasteiger partial charge in [0.05, 0.1) is 23.3 Å². The van der Waals surface area contributed by atoms with Gasteiger partial charge in [0.2, 0.25) is 0 Å². The molecular formula is C25H31N7. The lowest BCUT2D eigenvalue weighted by Crippen LogP contribution is -2.51. The summed E-state index contributed by atoms with van der Waals surface area (Å²) >= 11 is 0. The van der Waals surface area contributed by atoms with Crippen LogP contribution in [0.15, 0.2) is 49.2 Å². The second-order valence-electron chi connectivity index (χ2n) is 9.07. The van der Waals surface area contributed by atoms with E-state index in [1.165, 1.54) is 5.56 Å². The number of imidazole rings is 1. The average Bonchev–Trinajstić information content (AvgIpc) is 3.28. The van der Waals surface area contributed by atoms with Crippen LogP contribution in [0.3, 0.4) is 0 Å². The van der Waals surface area contributed by atoms with Gasteiger partial charge in [0.15, 0.2) is 0 Å². The molecule has 0 spiro atoms. The number of rotatable bonds is 7. The van der Waals surface area contributed by atoms with Gasteiger partial charge in [-0.2, -0.15) is 15.5 Å². The Labute approximate surface area is 190 Å². The second kappa shape index (κ2) is 9.92. The van der Waals surface area contributed by atoms with Gasteiger partial charge in [-0.05, 0) is 48.6 Å². The van der Waals surface area contributed by atoms with Crippen LogP contribution in [0.4, 0.5) is 5.69 Å². The van der Waals surface area contributed by atoms with Crippen LogP contribution in [0.25, 0.3) is 0 Å². The molecule has 1 atom stereocenters. The molecule has 1 aliphatic rings. The Morgan fingerprint density at radius 3 is 2.72 bits per heavy atom. The first kappa shape index (κ1) is 22.0. The maximum Gasteiger partial charge on any atom is 0.102 e. The van der Waals surface area contributed by atoms with E-state index in [0.29, 0.717) is 18.5 Å². The Hall–Kier alpha value is -3.24. The third-order valence-electron chi connectivity index (χ3n) is 6.03. The van der Waals surface area contributed by atoms with Gasteiger partial charge in [0.1, 0.15) is 6.07 Å². The number of nitriles is 1. The zero-order valence-electron chi connectivity index (χ0n) is 19.1. The number of piperazine rings is 1. The topological polar surface area (TPSA) is 73.9 Å². The summed E-state index contributed by atoms with van der Waals surface area (Å²) in [6.45, 7) is 10.9. The molecule has 0 unspecified atom stereocenters. The summed E-state index contributed by atoms with van der Waals surface area (Å²) in [5, 5.41) is 18.4. The summed E-state index contributed by atoms with van der Waals surface area (Å²) in [5.41, 5.74) is 5.19. The van der Waals surface area contributed by atoms with E-state index >= 15 is 0 Å². The molecule has 1 saturated heterocycles. The molecule has 4 rings (SSSR count). The SMILES string of the molecule is CC(C)Cc1cc(Cn2ccnc2)c(C#N)c(N2CCN(Cc3cccnn3)[C@@H](C)C2)c1. The fraction of sp³-hybridized carbons (Fsp3) is 0.440. The Kier molecular flexibility index (Phi) is 6.81. The molecule has 0 radical (unpaired) electrons. The maximum absolute atomic E-state index is 10.1. The number of benzene rings is 1. The van der Waals surface area contributed by atoms with Crippen LogP contribution >= 0.6 is 0 Å². The van der Waals surface area contributed by atoms with Crippen LogP contribution < -0.4 is 4.90 Å². The quantitative estimate of drug-likeness (QED) is 0.572. The molecule has 166 valence electrons. The minimum absolute atomic E-state index is 0.350. The van der Waals surface area contributed by atoms with E-state index in [2.05, 4.69) is 64.0 Å². The predicted molar refractivity (Wildman–Crippen MR) is 125 cm³/mol. The number of hydrogen-bond acceptors (Lipinski definition) is 6. The summed E-state index contributed by atoms with van der Waals surface area (Å²) in [4.78, 5) is 8.99. The number of anilines is 1. The standard InChI is InChI=1S/C25H31N7/c1-19(2)11-21-12-22(16-30-8-7-27-18-30)24(14-26)25(13-21)32-10-9-31(20(3)15-32)17-23-5-4-6-28-29-23/h4-8,12-13,18-20H,9-11,15-17H2,1-3H3/t20-/m0/s1. The minimum atomic E-state index is 0.350. The smallest absolute Gasteiger partial charge is 0.102 e.